The number of amides is 2. The van der Waals surface area contributed by atoms with Gasteiger partial charge in [0.15, 0.2) is 0 Å². The molecule has 0 saturated carbocycles. The van der Waals surface area contributed by atoms with Gasteiger partial charge in [-0.05, 0) is 25.3 Å². The van der Waals surface area contributed by atoms with Gasteiger partial charge in [0.1, 0.15) is 16.1 Å². The second-order valence-electron chi connectivity index (χ2n) is 6.34. The molecule has 0 aliphatic carbocycles. The lowest BCUT2D eigenvalue weighted by Crippen LogP contribution is -2.50. The second kappa shape index (κ2) is 8.71. The van der Waals surface area contributed by atoms with Crippen molar-refractivity contribution in [2.75, 3.05) is 0 Å². The van der Waals surface area contributed by atoms with E-state index in [2.05, 4.69) is 20.8 Å². The number of carbonyl (C=O) groups excluding carboxylic acids is 2. The monoisotopic (exact) mass is 360 g/mol. The molecular weight excluding hydrogens is 336 g/mol. The van der Waals surface area contributed by atoms with Crippen molar-refractivity contribution in [1.82, 2.24) is 20.8 Å². The van der Waals surface area contributed by atoms with Gasteiger partial charge in [0.2, 0.25) is 11.8 Å². The van der Waals surface area contributed by atoms with Crippen LogP contribution < -0.4 is 10.6 Å². The zero-order chi connectivity index (χ0) is 18.4. The first-order valence-corrected chi connectivity index (χ1v) is 9.12. The third-order valence-corrected chi connectivity index (χ3v) is 4.77. The molecular formula is C18H24N4O2S. The molecule has 2 unspecified atom stereocenters. The van der Waals surface area contributed by atoms with E-state index in [0.29, 0.717) is 0 Å². The summed E-state index contributed by atoms with van der Waals surface area (Å²) in [6.07, 6.45) is 0.252. The Hall–Kier alpha value is -2.28. The summed E-state index contributed by atoms with van der Waals surface area (Å²) in [6, 6.07) is 8.64. The molecule has 0 fully saturated rings. The highest BCUT2D eigenvalue weighted by Crippen LogP contribution is 2.17. The van der Waals surface area contributed by atoms with Crippen LogP contribution in [0.1, 0.15) is 42.4 Å². The van der Waals surface area contributed by atoms with Crippen molar-refractivity contribution in [1.29, 1.82) is 0 Å². The van der Waals surface area contributed by atoms with Gasteiger partial charge in [-0.15, -0.1) is 10.2 Å². The largest absolute Gasteiger partial charge is 0.345 e. The molecule has 0 radical (unpaired) electrons. The fourth-order valence-corrected chi connectivity index (χ4v) is 3.09. The summed E-state index contributed by atoms with van der Waals surface area (Å²) in [7, 11) is 0. The van der Waals surface area contributed by atoms with Crippen LogP contribution in [0.15, 0.2) is 30.3 Å². The second-order valence-corrected chi connectivity index (χ2v) is 7.55. The van der Waals surface area contributed by atoms with Gasteiger partial charge in [0.25, 0.3) is 0 Å². The van der Waals surface area contributed by atoms with Crippen LogP contribution in [0.4, 0.5) is 0 Å². The first-order valence-electron chi connectivity index (χ1n) is 8.30. The van der Waals surface area contributed by atoms with Gasteiger partial charge in [-0.2, -0.15) is 0 Å². The molecule has 2 N–H and O–H groups in total. The van der Waals surface area contributed by atoms with E-state index >= 15 is 0 Å². The zero-order valence-electron chi connectivity index (χ0n) is 14.9. The Balaban J connectivity index is 1.96. The average molecular weight is 360 g/mol. The lowest BCUT2D eigenvalue weighted by atomic mass is 10.0. The Morgan fingerprint density at radius 1 is 1.08 bits per heavy atom. The smallest absolute Gasteiger partial charge is 0.243 e. The maximum Gasteiger partial charge on any atom is 0.243 e. The molecule has 0 aliphatic rings. The zero-order valence-corrected chi connectivity index (χ0v) is 15.8. The minimum absolute atomic E-state index is 0.0249. The van der Waals surface area contributed by atoms with E-state index in [1.165, 1.54) is 11.3 Å². The van der Waals surface area contributed by atoms with Crippen LogP contribution in [-0.4, -0.2) is 28.1 Å². The Morgan fingerprint density at radius 2 is 1.76 bits per heavy atom. The van der Waals surface area contributed by atoms with E-state index in [1.54, 1.807) is 0 Å². The molecule has 0 saturated heterocycles. The number of hydrogen-bond acceptors (Lipinski definition) is 5. The van der Waals surface area contributed by atoms with E-state index in [0.717, 1.165) is 15.6 Å². The van der Waals surface area contributed by atoms with E-state index in [1.807, 2.05) is 58.0 Å². The summed E-state index contributed by atoms with van der Waals surface area (Å²) < 4.78 is 0. The quantitative estimate of drug-likeness (QED) is 0.794. The Morgan fingerprint density at radius 3 is 2.32 bits per heavy atom. The van der Waals surface area contributed by atoms with Gasteiger partial charge >= 0.3 is 0 Å². The van der Waals surface area contributed by atoms with Gasteiger partial charge < -0.3 is 10.6 Å². The standard InChI is InChI=1S/C18H24N4O2S/c1-11(2)16(20-15(23)10-14-8-6-5-7-9-14)17(24)19-12(3)18-22-21-13(4)25-18/h5-9,11-12,16H,10H2,1-4H3,(H,19,24)(H,20,23). The van der Waals surface area contributed by atoms with Crippen molar-refractivity contribution in [2.45, 2.75) is 46.2 Å². The van der Waals surface area contributed by atoms with Crippen molar-refractivity contribution in [3.05, 3.63) is 45.9 Å². The molecule has 2 aromatic rings. The topological polar surface area (TPSA) is 84.0 Å². The Kier molecular flexibility index (Phi) is 6.64. The summed E-state index contributed by atoms with van der Waals surface area (Å²) in [6.45, 7) is 7.55. The third-order valence-electron chi connectivity index (χ3n) is 3.74. The number of aromatic nitrogens is 2. The molecule has 0 aliphatic heterocycles. The molecule has 6 nitrogen and oxygen atoms in total. The molecule has 0 bridgehead atoms. The summed E-state index contributed by atoms with van der Waals surface area (Å²) in [5, 5.41) is 15.4. The van der Waals surface area contributed by atoms with Crippen molar-refractivity contribution in [3.8, 4) is 0 Å². The normalized spacial score (nSPS) is 13.3. The first kappa shape index (κ1) is 19.1. The minimum Gasteiger partial charge on any atom is -0.345 e. The molecule has 1 aromatic heterocycles. The van der Waals surface area contributed by atoms with Crippen molar-refractivity contribution >= 4 is 23.2 Å². The number of hydrogen-bond donors (Lipinski definition) is 2. The molecule has 134 valence electrons. The van der Waals surface area contributed by atoms with Crippen LogP contribution in [0.25, 0.3) is 0 Å². The highest BCUT2D eigenvalue weighted by molar-refractivity contribution is 7.11. The molecule has 7 heteroatoms. The van der Waals surface area contributed by atoms with Crippen molar-refractivity contribution in [3.63, 3.8) is 0 Å². The first-order chi connectivity index (χ1) is 11.9. The van der Waals surface area contributed by atoms with Crippen LogP contribution >= 0.6 is 11.3 Å². The fourth-order valence-electron chi connectivity index (χ4n) is 2.39. The number of rotatable bonds is 7. The molecule has 1 heterocycles. The number of nitrogens with one attached hydrogen (secondary N) is 2. The van der Waals surface area contributed by atoms with E-state index < -0.39 is 6.04 Å². The van der Waals surface area contributed by atoms with Crippen LogP contribution in [0.2, 0.25) is 0 Å². The summed E-state index contributed by atoms with van der Waals surface area (Å²) in [5.41, 5.74) is 0.917. The van der Waals surface area contributed by atoms with Crippen molar-refractivity contribution < 1.29 is 9.59 Å². The van der Waals surface area contributed by atoms with Crippen LogP contribution in [-0.2, 0) is 16.0 Å². The van der Waals surface area contributed by atoms with Gasteiger partial charge in [-0.25, -0.2) is 0 Å². The van der Waals surface area contributed by atoms with E-state index in [9.17, 15) is 9.59 Å². The lowest BCUT2D eigenvalue weighted by molar-refractivity contribution is -0.130. The SMILES string of the molecule is Cc1nnc(C(C)NC(=O)C(NC(=O)Cc2ccccc2)C(C)C)s1. The van der Waals surface area contributed by atoms with Crippen LogP contribution in [0, 0.1) is 12.8 Å². The molecule has 2 amide bonds. The van der Waals surface area contributed by atoms with E-state index in [-0.39, 0.29) is 30.2 Å². The fraction of sp³-hybridized carbons (Fsp3) is 0.444. The molecule has 25 heavy (non-hydrogen) atoms. The molecule has 1 aromatic carbocycles. The summed E-state index contributed by atoms with van der Waals surface area (Å²) in [4.78, 5) is 24.9. The van der Waals surface area contributed by atoms with Crippen LogP contribution in [0.5, 0.6) is 0 Å². The predicted molar refractivity (Wildman–Crippen MR) is 98.1 cm³/mol. The Labute approximate surface area is 152 Å². The number of benzene rings is 1. The number of aryl methyl sites for hydroxylation is 1. The van der Waals surface area contributed by atoms with Gasteiger partial charge in [-0.1, -0.05) is 55.5 Å². The number of nitrogens with zero attached hydrogens (tertiary/aromatic N) is 2. The molecule has 2 atom stereocenters. The van der Waals surface area contributed by atoms with Crippen molar-refractivity contribution in [2.24, 2.45) is 5.92 Å². The maximum atomic E-state index is 12.6. The van der Waals surface area contributed by atoms with E-state index in [4.69, 9.17) is 0 Å². The van der Waals surface area contributed by atoms with Gasteiger partial charge in [-0.3, -0.25) is 9.59 Å². The third kappa shape index (κ3) is 5.63. The number of carbonyl (C=O) groups is 2. The van der Waals surface area contributed by atoms with Gasteiger partial charge in [0.05, 0.1) is 12.5 Å². The highest BCUT2D eigenvalue weighted by atomic mass is 32.1. The minimum atomic E-state index is -0.590. The van der Waals surface area contributed by atoms with Crippen LogP contribution in [0.3, 0.4) is 0 Å². The average Bonchev–Trinajstić information content (AvgIpc) is 2.99. The summed E-state index contributed by atoms with van der Waals surface area (Å²) in [5.74, 6) is -0.403. The predicted octanol–water partition coefficient (Wildman–Crippen LogP) is 2.41. The molecule has 0 spiro atoms. The lowest BCUT2D eigenvalue weighted by Gasteiger charge is -2.23. The Bertz CT molecular complexity index is 715. The maximum absolute atomic E-state index is 12.6. The molecule has 2 rings (SSSR count). The highest BCUT2D eigenvalue weighted by Gasteiger charge is 2.26. The summed E-state index contributed by atoms with van der Waals surface area (Å²) >= 11 is 1.45. The van der Waals surface area contributed by atoms with Gasteiger partial charge in [0, 0.05) is 0 Å².